The van der Waals surface area contributed by atoms with Crippen LogP contribution in [0.3, 0.4) is 0 Å². The number of H-pyrrole nitrogens is 1. The Morgan fingerprint density at radius 1 is 1.19 bits per heavy atom. The maximum atomic E-state index is 12.4. The molecule has 1 amide bonds. The first-order valence-electron chi connectivity index (χ1n) is 8.81. The molecule has 26 heavy (non-hydrogen) atoms. The molecule has 1 aliphatic rings. The number of aromatic amines is 1. The van der Waals surface area contributed by atoms with Crippen molar-refractivity contribution in [1.82, 2.24) is 26.4 Å². The molecular formula is C18H23N5O2S. The van der Waals surface area contributed by atoms with E-state index in [0.29, 0.717) is 33.8 Å². The molecule has 2 aromatic rings. The number of benzene rings is 1. The summed E-state index contributed by atoms with van der Waals surface area (Å²) in [6, 6.07) is 7.13. The van der Waals surface area contributed by atoms with Gasteiger partial charge >= 0.3 is 0 Å². The van der Waals surface area contributed by atoms with Gasteiger partial charge in [-0.3, -0.25) is 20.4 Å². The normalized spacial score (nSPS) is 22.6. The maximum Gasteiger partial charge on any atom is 0.290 e. The summed E-state index contributed by atoms with van der Waals surface area (Å²) >= 11 is 5.30. The first-order valence-corrected chi connectivity index (χ1v) is 9.22. The third-order valence-electron chi connectivity index (χ3n) is 5.22. The Morgan fingerprint density at radius 3 is 2.69 bits per heavy atom. The molecule has 4 N–H and O–H groups in total. The number of carbonyl (C=O) groups excluding carboxylic acids is 1. The van der Waals surface area contributed by atoms with Gasteiger partial charge in [-0.1, -0.05) is 44.9 Å². The Morgan fingerprint density at radius 2 is 1.92 bits per heavy atom. The van der Waals surface area contributed by atoms with E-state index in [2.05, 4.69) is 40.2 Å². The number of hydrogen-bond acceptors (Lipinski definition) is 4. The van der Waals surface area contributed by atoms with Crippen molar-refractivity contribution in [1.29, 1.82) is 0 Å². The smallest absolute Gasteiger partial charge is 0.290 e. The van der Waals surface area contributed by atoms with Crippen LogP contribution in [0, 0.1) is 11.8 Å². The molecule has 0 saturated heterocycles. The highest BCUT2D eigenvalue weighted by Crippen LogP contribution is 2.29. The quantitative estimate of drug-likeness (QED) is 0.474. The molecule has 1 aliphatic carbocycles. The molecule has 1 aromatic heterocycles. The highest BCUT2D eigenvalue weighted by Gasteiger charge is 2.27. The minimum absolute atomic E-state index is 0.134. The number of hydrogen-bond donors (Lipinski definition) is 4. The van der Waals surface area contributed by atoms with Crippen LogP contribution in [0.1, 0.15) is 43.6 Å². The van der Waals surface area contributed by atoms with Gasteiger partial charge < -0.3 is 5.32 Å². The Labute approximate surface area is 156 Å². The van der Waals surface area contributed by atoms with E-state index in [0.717, 1.165) is 6.42 Å². The Bertz CT molecular complexity index is 881. The second kappa shape index (κ2) is 7.82. The zero-order valence-electron chi connectivity index (χ0n) is 14.8. The van der Waals surface area contributed by atoms with Crippen molar-refractivity contribution in [3.63, 3.8) is 0 Å². The summed E-state index contributed by atoms with van der Waals surface area (Å²) < 4.78 is 0. The van der Waals surface area contributed by atoms with Crippen LogP contribution in [0.2, 0.25) is 0 Å². The standard InChI is InChI=1S/C18H23N5O2S/c1-10-6-5-9-14(11(10)2)19-18(26)23-22-17(25)15-12-7-3-4-8-13(12)16(24)21-20-15/h3-4,7-8,10-11,14H,5-6,9H2,1-2H3,(H,21,24)(H,22,25)(H2,19,23,26)/t10-,11+,14+/m0/s1. The number of carbonyl (C=O) groups is 1. The van der Waals surface area contributed by atoms with Gasteiger partial charge in [-0.25, -0.2) is 5.10 Å². The summed E-state index contributed by atoms with van der Waals surface area (Å²) in [6.45, 7) is 4.47. The van der Waals surface area contributed by atoms with E-state index in [1.54, 1.807) is 24.3 Å². The van der Waals surface area contributed by atoms with E-state index in [1.807, 2.05) is 0 Å². The van der Waals surface area contributed by atoms with Gasteiger partial charge in [0.1, 0.15) is 0 Å². The maximum absolute atomic E-state index is 12.4. The lowest BCUT2D eigenvalue weighted by molar-refractivity contribution is 0.0939. The van der Waals surface area contributed by atoms with Gasteiger partial charge in [0, 0.05) is 11.4 Å². The summed E-state index contributed by atoms with van der Waals surface area (Å²) in [7, 11) is 0. The van der Waals surface area contributed by atoms with Gasteiger partial charge in [0.05, 0.1) is 5.39 Å². The van der Waals surface area contributed by atoms with Crippen LogP contribution in [-0.2, 0) is 0 Å². The molecule has 7 nitrogen and oxygen atoms in total. The highest BCUT2D eigenvalue weighted by atomic mass is 32.1. The number of amides is 1. The second-order valence-electron chi connectivity index (χ2n) is 6.87. The van der Waals surface area contributed by atoms with Crippen molar-refractivity contribution in [2.75, 3.05) is 0 Å². The Hall–Kier alpha value is -2.48. The molecule has 138 valence electrons. The highest BCUT2D eigenvalue weighted by molar-refractivity contribution is 7.80. The number of fused-ring (bicyclic) bond motifs is 1. The van der Waals surface area contributed by atoms with Crippen LogP contribution in [-0.4, -0.2) is 27.3 Å². The predicted molar refractivity (Wildman–Crippen MR) is 105 cm³/mol. The third-order valence-corrected chi connectivity index (χ3v) is 5.44. The van der Waals surface area contributed by atoms with Crippen LogP contribution < -0.4 is 21.7 Å². The Balaban J connectivity index is 1.63. The van der Waals surface area contributed by atoms with E-state index >= 15 is 0 Å². The van der Waals surface area contributed by atoms with Gasteiger partial charge in [0.25, 0.3) is 11.5 Å². The molecule has 1 saturated carbocycles. The van der Waals surface area contributed by atoms with Crippen molar-refractivity contribution in [2.24, 2.45) is 11.8 Å². The minimum Gasteiger partial charge on any atom is -0.358 e. The number of aromatic nitrogens is 2. The second-order valence-corrected chi connectivity index (χ2v) is 7.28. The molecule has 0 spiro atoms. The van der Waals surface area contributed by atoms with Gasteiger partial charge in [0.15, 0.2) is 10.8 Å². The average molecular weight is 373 g/mol. The average Bonchev–Trinajstić information content (AvgIpc) is 2.64. The third kappa shape index (κ3) is 3.85. The number of hydrazine groups is 1. The van der Waals surface area contributed by atoms with Crippen molar-refractivity contribution in [2.45, 2.75) is 39.2 Å². The van der Waals surface area contributed by atoms with Crippen LogP contribution in [0.5, 0.6) is 0 Å². The monoisotopic (exact) mass is 373 g/mol. The fourth-order valence-electron chi connectivity index (χ4n) is 3.45. The Kier molecular flexibility index (Phi) is 5.51. The number of thiocarbonyl (C=S) groups is 1. The molecular weight excluding hydrogens is 350 g/mol. The molecule has 3 atom stereocenters. The number of nitrogens with zero attached hydrogens (tertiary/aromatic N) is 1. The molecule has 0 aliphatic heterocycles. The summed E-state index contributed by atoms with van der Waals surface area (Å²) in [4.78, 5) is 24.2. The fourth-order valence-corrected chi connectivity index (χ4v) is 3.65. The van der Waals surface area contributed by atoms with Gasteiger partial charge in [0.2, 0.25) is 0 Å². The van der Waals surface area contributed by atoms with Crippen LogP contribution >= 0.6 is 12.2 Å². The van der Waals surface area contributed by atoms with Crippen LogP contribution in [0.15, 0.2) is 29.1 Å². The lowest BCUT2D eigenvalue weighted by Gasteiger charge is -2.35. The molecule has 8 heteroatoms. The largest absolute Gasteiger partial charge is 0.358 e. The first-order chi connectivity index (χ1) is 12.5. The zero-order valence-corrected chi connectivity index (χ0v) is 15.7. The fraction of sp³-hybridized carbons (Fsp3) is 0.444. The van der Waals surface area contributed by atoms with Gasteiger partial charge in [-0.15, -0.1) is 0 Å². The van der Waals surface area contributed by atoms with Crippen molar-refractivity contribution in [3.05, 3.63) is 40.3 Å². The van der Waals surface area contributed by atoms with E-state index in [-0.39, 0.29) is 11.3 Å². The van der Waals surface area contributed by atoms with Crippen molar-refractivity contribution in [3.8, 4) is 0 Å². The van der Waals surface area contributed by atoms with Crippen molar-refractivity contribution < 1.29 is 4.79 Å². The number of nitrogens with one attached hydrogen (secondary N) is 4. The SMILES string of the molecule is C[C@@H]1[C@@H](C)CCC[C@H]1NC(=S)NNC(=O)c1n[nH]c(=O)c2ccccc12. The lowest BCUT2D eigenvalue weighted by Crippen LogP contribution is -2.52. The van der Waals surface area contributed by atoms with E-state index < -0.39 is 5.91 Å². The number of rotatable bonds is 2. The summed E-state index contributed by atoms with van der Waals surface area (Å²) in [6.07, 6.45) is 3.47. The van der Waals surface area contributed by atoms with E-state index in [4.69, 9.17) is 12.2 Å². The first kappa shape index (κ1) is 18.3. The predicted octanol–water partition coefficient (Wildman–Crippen LogP) is 1.86. The van der Waals surface area contributed by atoms with E-state index in [9.17, 15) is 9.59 Å². The zero-order chi connectivity index (χ0) is 18.7. The van der Waals surface area contributed by atoms with Gasteiger partial charge in [-0.05, 0) is 36.5 Å². The summed E-state index contributed by atoms with van der Waals surface area (Å²) in [5.74, 6) is 0.700. The van der Waals surface area contributed by atoms with Gasteiger partial charge in [-0.2, -0.15) is 5.10 Å². The van der Waals surface area contributed by atoms with Crippen LogP contribution in [0.25, 0.3) is 10.8 Å². The molecule has 0 unspecified atom stereocenters. The van der Waals surface area contributed by atoms with E-state index in [1.165, 1.54) is 12.8 Å². The molecule has 1 heterocycles. The summed E-state index contributed by atoms with van der Waals surface area (Å²) in [5, 5.41) is 10.8. The van der Waals surface area contributed by atoms with Crippen LogP contribution in [0.4, 0.5) is 0 Å². The topological polar surface area (TPSA) is 98.9 Å². The summed E-state index contributed by atoms with van der Waals surface area (Å²) in [5.41, 5.74) is 5.08. The molecule has 3 rings (SSSR count). The molecule has 0 bridgehead atoms. The molecule has 1 fully saturated rings. The lowest BCUT2D eigenvalue weighted by atomic mass is 9.78. The minimum atomic E-state index is -0.466. The molecule has 1 aromatic carbocycles. The molecule has 0 radical (unpaired) electrons. The van der Waals surface area contributed by atoms with Crippen molar-refractivity contribution >= 4 is 34.0 Å².